The van der Waals surface area contributed by atoms with Crippen LogP contribution in [0.5, 0.6) is 0 Å². The molecule has 0 saturated carbocycles. The fraction of sp³-hybridized carbons (Fsp3) is 0.125. The lowest BCUT2D eigenvalue weighted by molar-refractivity contribution is -0.385. The van der Waals surface area contributed by atoms with Crippen molar-refractivity contribution in [3.05, 3.63) is 34.1 Å². The van der Waals surface area contributed by atoms with Gasteiger partial charge in [0.1, 0.15) is 0 Å². The Hall–Kier alpha value is -2.12. The van der Waals surface area contributed by atoms with Gasteiger partial charge in [-0.05, 0) is 6.07 Å². The lowest BCUT2D eigenvalue weighted by Gasteiger charge is -2.04. The average Bonchev–Trinajstić information content (AvgIpc) is 2.20. The zero-order valence-electron chi connectivity index (χ0n) is 7.62. The summed E-state index contributed by atoms with van der Waals surface area (Å²) in [6.45, 7) is 0. The Balaban J connectivity index is 2.91. The highest BCUT2D eigenvalue weighted by atomic mass is 19.3. The predicted octanol–water partition coefficient (Wildman–Crippen LogP) is 1.94. The molecular weight excluding hydrogens is 229 g/mol. The van der Waals surface area contributed by atoms with Gasteiger partial charge in [0, 0.05) is 6.07 Å². The number of nitrogens with zero attached hydrogens (tertiary/aromatic N) is 1. The molecule has 0 aromatic heterocycles. The number of benzene rings is 1. The second-order valence-electron chi connectivity index (χ2n) is 2.71. The molecule has 0 aliphatic carbocycles. The third-order valence-electron chi connectivity index (χ3n) is 1.62. The van der Waals surface area contributed by atoms with Crippen molar-refractivity contribution in [3.63, 3.8) is 0 Å². The molecule has 1 N–H and O–H groups in total. The Kier molecular flexibility index (Phi) is 3.44. The van der Waals surface area contributed by atoms with E-state index in [4.69, 9.17) is 0 Å². The van der Waals surface area contributed by atoms with E-state index in [-0.39, 0.29) is 0 Å². The highest BCUT2D eigenvalue weighted by Crippen LogP contribution is 2.20. The van der Waals surface area contributed by atoms with Crippen molar-refractivity contribution in [2.75, 3.05) is 5.32 Å². The van der Waals surface area contributed by atoms with Crippen LogP contribution in [0.25, 0.3) is 0 Å². The maximum absolute atomic E-state index is 13.1. The zero-order valence-corrected chi connectivity index (χ0v) is 7.62. The van der Waals surface area contributed by atoms with Crippen LogP contribution in [0.3, 0.4) is 0 Å². The third-order valence-corrected chi connectivity index (χ3v) is 1.62. The summed E-state index contributed by atoms with van der Waals surface area (Å²) in [6, 6.07) is 2.26. The summed E-state index contributed by atoms with van der Waals surface area (Å²) in [7, 11) is 0. The molecule has 0 aliphatic heterocycles. The minimum atomic E-state index is -3.28. The smallest absolute Gasteiger partial charge is 0.315 e. The van der Waals surface area contributed by atoms with Crippen LogP contribution in [-0.4, -0.2) is 17.3 Å². The van der Waals surface area contributed by atoms with Crippen molar-refractivity contribution in [2.45, 2.75) is 6.43 Å². The molecule has 0 fully saturated rings. The zero-order chi connectivity index (χ0) is 12.3. The molecular formula is C8H5F3N2O3. The van der Waals surface area contributed by atoms with E-state index in [1.54, 1.807) is 5.32 Å². The molecule has 1 aromatic carbocycles. The second kappa shape index (κ2) is 4.60. The standard InChI is InChI=1S/C8H5F3N2O3/c9-5-3-4(13(15)16)1-2-6(5)12-8(14)7(10)11/h1-3,7H,(H,12,14). The number of rotatable bonds is 3. The molecule has 0 heterocycles. The monoisotopic (exact) mass is 234 g/mol. The van der Waals surface area contributed by atoms with Crippen molar-refractivity contribution in [3.8, 4) is 0 Å². The number of halogens is 3. The van der Waals surface area contributed by atoms with Gasteiger partial charge in [0.2, 0.25) is 0 Å². The van der Waals surface area contributed by atoms with E-state index < -0.39 is 34.4 Å². The van der Waals surface area contributed by atoms with Crippen LogP contribution >= 0.6 is 0 Å². The lowest BCUT2D eigenvalue weighted by Crippen LogP contribution is -2.20. The Morgan fingerprint density at radius 2 is 2.06 bits per heavy atom. The average molecular weight is 234 g/mol. The van der Waals surface area contributed by atoms with Crippen LogP contribution < -0.4 is 5.32 Å². The Morgan fingerprint density at radius 1 is 1.44 bits per heavy atom. The van der Waals surface area contributed by atoms with Gasteiger partial charge in [-0.15, -0.1) is 0 Å². The molecule has 0 radical (unpaired) electrons. The molecule has 0 saturated heterocycles. The fourth-order valence-corrected chi connectivity index (χ4v) is 0.906. The van der Waals surface area contributed by atoms with Gasteiger partial charge in [-0.1, -0.05) is 0 Å². The van der Waals surface area contributed by atoms with Crippen molar-refractivity contribution in [2.24, 2.45) is 0 Å². The fourth-order valence-electron chi connectivity index (χ4n) is 0.906. The molecule has 0 bridgehead atoms. The number of amides is 1. The van der Waals surface area contributed by atoms with E-state index in [9.17, 15) is 28.1 Å². The quantitative estimate of drug-likeness (QED) is 0.641. The van der Waals surface area contributed by atoms with Crippen LogP contribution in [0.4, 0.5) is 24.5 Å². The maximum atomic E-state index is 13.1. The van der Waals surface area contributed by atoms with E-state index in [2.05, 4.69) is 0 Å². The topological polar surface area (TPSA) is 72.2 Å². The van der Waals surface area contributed by atoms with Crippen LogP contribution in [0.1, 0.15) is 0 Å². The highest BCUT2D eigenvalue weighted by Gasteiger charge is 2.18. The Bertz CT molecular complexity index is 437. The van der Waals surface area contributed by atoms with Gasteiger partial charge in [0.25, 0.3) is 11.6 Å². The van der Waals surface area contributed by atoms with Crippen molar-refractivity contribution >= 4 is 17.3 Å². The molecule has 8 heteroatoms. The number of nitrogens with one attached hydrogen (secondary N) is 1. The first-order chi connectivity index (χ1) is 7.41. The molecule has 1 amide bonds. The van der Waals surface area contributed by atoms with E-state index in [0.717, 1.165) is 12.1 Å². The molecule has 1 rings (SSSR count). The minimum Gasteiger partial charge on any atom is -0.319 e. The summed E-state index contributed by atoms with van der Waals surface area (Å²) in [5.74, 6) is -2.82. The largest absolute Gasteiger partial charge is 0.319 e. The number of anilines is 1. The summed E-state index contributed by atoms with van der Waals surface area (Å²) in [4.78, 5) is 19.9. The predicted molar refractivity (Wildman–Crippen MR) is 47.7 cm³/mol. The molecule has 0 atom stereocenters. The van der Waals surface area contributed by atoms with Gasteiger partial charge >= 0.3 is 6.43 Å². The second-order valence-corrected chi connectivity index (χ2v) is 2.71. The number of carbonyl (C=O) groups excluding carboxylic acids is 1. The van der Waals surface area contributed by atoms with E-state index in [1.807, 2.05) is 0 Å². The first kappa shape index (κ1) is 12.0. The number of alkyl halides is 2. The van der Waals surface area contributed by atoms with Crippen molar-refractivity contribution in [1.29, 1.82) is 0 Å². The summed E-state index contributed by atoms with van der Waals surface area (Å²) < 4.78 is 36.7. The first-order valence-corrected chi connectivity index (χ1v) is 3.95. The van der Waals surface area contributed by atoms with Crippen molar-refractivity contribution < 1.29 is 22.9 Å². The normalized spacial score (nSPS) is 10.2. The molecule has 5 nitrogen and oxygen atoms in total. The van der Waals surface area contributed by atoms with Gasteiger partial charge in [0.05, 0.1) is 16.7 Å². The van der Waals surface area contributed by atoms with Crippen LogP contribution in [-0.2, 0) is 4.79 Å². The molecule has 86 valence electrons. The highest BCUT2D eigenvalue weighted by molar-refractivity contribution is 5.93. The Morgan fingerprint density at radius 3 is 2.50 bits per heavy atom. The molecule has 16 heavy (non-hydrogen) atoms. The SMILES string of the molecule is O=C(Nc1ccc([N+](=O)[O-])cc1F)C(F)F. The maximum Gasteiger partial charge on any atom is 0.315 e. The molecule has 0 unspecified atom stereocenters. The van der Waals surface area contributed by atoms with E-state index in [0.29, 0.717) is 6.07 Å². The minimum absolute atomic E-state index is 0.529. The van der Waals surface area contributed by atoms with Gasteiger partial charge in [-0.25, -0.2) is 4.39 Å². The number of non-ortho nitro benzene ring substituents is 1. The van der Waals surface area contributed by atoms with Crippen molar-refractivity contribution in [1.82, 2.24) is 0 Å². The molecule has 0 aliphatic rings. The van der Waals surface area contributed by atoms with Crippen LogP contribution in [0, 0.1) is 15.9 Å². The third kappa shape index (κ3) is 2.69. The van der Waals surface area contributed by atoms with E-state index in [1.165, 1.54) is 0 Å². The lowest BCUT2D eigenvalue weighted by atomic mass is 10.2. The number of hydrogen-bond acceptors (Lipinski definition) is 3. The number of nitro benzene ring substituents is 1. The van der Waals surface area contributed by atoms with Crippen LogP contribution in [0.2, 0.25) is 0 Å². The number of carbonyl (C=O) groups is 1. The van der Waals surface area contributed by atoms with Gasteiger partial charge in [-0.2, -0.15) is 8.78 Å². The summed E-state index contributed by atoms with van der Waals surface area (Å²) in [5, 5.41) is 11.8. The molecule has 0 spiro atoms. The van der Waals surface area contributed by atoms with Gasteiger partial charge in [-0.3, -0.25) is 14.9 Å². The van der Waals surface area contributed by atoms with Crippen LogP contribution in [0.15, 0.2) is 18.2 Å². The summed E-state index contributed by atoms with van der Waals surface area (Å²) in [5.41, 5.74) is -1.07. The Labute approximate surface area is 87.0 Å². The van der Waals surface area contributed by atoms with E-state index >= 15 is 0 Å². The molecule has 1 aromatic rings. The van der Waals surface area contributed by atoms with Gasteiger partial charge in [0.15, 0.2) is 5.82 Å². The summed E-state index contributed by atoms with van der Waals surface area (Å²) in [6.07, 6.45) is -3.28. The summed E-state index contributed by atoms with van der Waals surface area (Å²) >= 11 is 0. The number of hydrogen-bond donors (Lipinski definition) is 1. The first-order valence-electron chi connectivity index (χ1n) is 3.95. The van der Waals surface area contributed by atoms with Gasteiger partial charge < -0.3 is 5.32 Å². The number of nitro groups is 1.